The molecule has 9 heteroatoms. The number of primary amides is 1. The molecule has 3 N–H and O–H groups in total. The number of anilines is 1. The topological polar surface area (TPSA) is 109 Å². The SMILES string of the molecule is CN(C)S(=O)(=O)N1[C@H]2CC[C@H]1CC(Nc1c(C(N)=O)cnc3c1C=CC3)C2. The fraction of sp³-hybridized carbons (Fsp3) is 0.556. The highest BCUT2D eigenvalue weighted by atomic mass is 32.2. The van der Waals surface area contributed by atoms with Gasteiger partial charge in [-0.05, 0) is 25.7 Å². The molecule has 1 aliphatic carbocycles. The van der Waals surface area contributed by atoms with Crippen molar-refractivity contribution in [3.05, 3.63) is 29.1 Å². The summed E-state index contributed by atoms with van der Waals surface area (Å²) in [6, 6.07) is 0.0573. The largest absolute Gasteiger partial charge is 0.381 e. The highest BCUT2D eigenvalue weighted by molar-refractivity contribution is 7.86. The molecule has 0 radical (unpaired) electrons. The third-order valence-electron chi connectivity index (χ3n) is 5.80. The van der Waals surface area contributed by atoms with Crippen molar-refractivity contribution in [1.82, 2.24) is 13.6 Å². The van der Waals surface area contributed by atoms with E-state index in [4.69, 9.17) is 5.73 Å². The zero-order valence-corrected chi connectivity index (χ0v) is 16.4. The Hall–Kier alpha value is -1.97. The van der Waals surface area contributed by atoms with Gasteiger partial charge in [0.15, 0.2) is 0 Å². The van der Waals surface area contributed by atoms with Gasteiger partial charge in [-0.15, -0.1) is 0 Å². The van der Waals surface area contributed by atoms with Crippen molar-refractivity contribution in [2.45, 2.75) is 50.2 Å². The molecule has 1 amide bonds. The number of rotatable bonds is 5. The Morgan fingerprint density at radius 2 is 1.96 bits per heavy atom. The van der Waals surface area contributed by atoms with Crippen molar-refractivity contribution in [2.24, 2.45) is 5.73 Å². The second-order valence-electron chi connectivity index (χ2n) is 7.70. The molecule has 0 spiro atoms. The lowest BCUT2D eigenvalue weighted by molar-refractivity contribution is 0.100. The number of piperidine rings is 1. The summed E-state index contributed by atoms with van der Waals surface area (Å²) < 4.78 is 28.3. The molecular weight excluding hydrogens is 366 g/mol. The normalized spacial score (nSPS) is 27.1. The van der Waals surface area contributed by atoms with Gasteiger partial charge >= 0.3 is 0 Å². The van der Waals surface area contributed by atoms with E-state index in [9.17, 15) is 13.2 Å². The molecule has 2 saturated heterocycles. The molecule has 2 aliphatic heterocycles. The van der Waals surface area contributed by atoms with Gasteiger partial charge in [-0.3, -0.25) is 9.78 Å². The third kappa shape index (κ3) is 3.03. The monoisotopic (exact) mass is 391 g/mol. The molecular formula is C18H25N5O3S. The van der Waals surface area contributed by atoms with Crippen molar-refractivity contribution in [1.29, 1.82) is 0 Å². The Bertz CT molecular complexity index is 898. The minimum Gasteiger partial charge on any atom is -0.381 e. The van der Waals surface area contributed by atoms with Crippen molar-refractivity contribution in [3.63, 3.8) is 0 Å². The van der Waals surface area contributed by atoms with E-state index >= 15 is 0 Å². The van der Waals surface area contributed by atoms with E-state index in [1.54, 1.807) is 18.4 Å². The first-order valence-electron chi connectivity index (χ1n) is 9.24. The minimum absolute atomic E-state index is 0.0175. The molecule has 4 rings (SSSR count). The van der Waals surface area contributed by atoms with Gasteiger partial charge < -0.3 is 11.1 Å². The van der Waals surface area contributed by atoms with E-state index in [-0.39, 0.29) is 18.1 Å². The number of hydrogen-bond acceptors (Lipinski definition) is 5. The molecule has 27 heavy (non-hydrogen) atoms. The molecule has 2 atom stereocenters. The standard InChI is InChI=1S/C18H25N5O3S/c1-22(2)27(25,26)23-12-6-7-13(23)9-11(8-12)21-17-14-4-3-5-16(14)20-10-15(17)18(19)24/h3-4,10-13H,5-9H2,1-2H3,(H2,19,24)(H,20,21)/t12-,13-/m0/s1. The quantitative estimate of drug-likeness (QED) is 0.777. The Labute approximate surface area is 159 Å². The van der Waals surface area contributed by atoms with Gasteiger partial charge in [0.25, 0.3) is 16.1 Å². The zero-order chi connectivity index (χ0) is 19.3. The maximum atomic E-state index is 12.7. The second-order valence-corrected chi connectivity index (χ2v) is 9.74. The van der Waals surface area contributed by atoms with E-state index in [0.717, 1.165) is 36.2 Å². The number of nitrogens with zero attached hydrogens (tertiary/aromatic N) is 3. The van der Waals surface area contributed by atoms with Gasteiger partial charge in [0.05, 0.1) is 16.9 Å². The summed E-state index contributed by atoms with van der Waals surface area (Å²) >= 11 is 0. The first-order valence-corrected chi connectivity index (χ1v) is 10.6. The summed E-state index contributed by atoms with van der Waals surface area (Å²) in [6.07, 6.45) is 9.43. The number of nitrogens with two attached hydrogens (primary N) is 1. The van der Waals surface area contributed by atoms with Gasteiger partial charge in [-0.2, -0.15) is 17.0 Å². The van der Waals surface area contributed by atoms with Gasteiger partial charge in [-0.25, -0.2) is 0 Å². The third-order valence-corrected chi connectivity index (χ3v) is 7.85. The van der Waals surface area contributed by atoms with Crippen LogP contribution in [0.25, 0.3) is 6.08 Å². The van der Waals surface area contributed by atoms with Crippen molar-refractivity contribution >= 4 is 27.9 Å². The average molecular weight is 391 g/mol. The molecule has 0 saturated carbocycles. The molecule has 2 bridgehead atoms. The van der Waals surface area contributed by atoms with Crippen LogP contribution >= 0.6 is 0 Å². The number of allylic oxidation sites excluding steroid dienone is 1. The average Bonchev–Trinajstić information content (AvgIpc) is 3.18. The minimum atomic E-state index is -3.42. The van der Waals surface area contributed by atoms with E-state index in [1.807, 2.05) is 12.2 Å². The van der Waals surface area contributed by atoms with Crippen molar-refractivity contribution < 1.29 is 13.2 Å². The van der Waals surface area contributed by atoms with E-state index in [0.29, 0.717) is 18.4 Å². The highest BCUT2D eigenvalue weighted by Crippen LogP contribution is 2.40. The summed E-state index contributed by atoms with van der Waals surface area (Å²) in [5.41, 5.74) is 8.52. The zero-order valence-electron chi connectivity index (χ0n) is 15.6. The molecule has 1 aromatic rings. The number of aromatic nitrogens is 1. The molecule has 146 valence electrons. The van der Waals surface area contributed by atoms with Crippen LogP contribution < -0.4 is 11.1 Å². The summed E-state index contributed by atoms with van der Waals surface area (Å²) in [4.78, 5) is 16.2. The van der Waals surface area contributed by atoms with Gasteiger partial charge in [0.2, 0.25) is 0 Å². The lowest BCUT2D eigenvalue weighted by Gasteiger charge is -2.39. The summed E-state index contributed by atoms with van der Waals surface area (Å²) in [5.74, 6) is -0.510. The van der Waals surface area contributed by atoms with Crippen LogP contribution in [0.3, 0.4) is 0 Å². The summed E-state index contributed by atoms with van der Waals surface area (Å²) in [5, 5.41) is 3.51. The Balaban J connectivity index is 1.60. The Morgan fingerprint density at radius 3 is 2.56 bits per heavy atom. The number of amides is 1. The Kier molecular flexibility index (Phi) is 4.48. The predicted molar refractivity (Wildman–Crippen MR) is 103 cm³/mol. The number of fused-ring (bicyclic) bond motifs is 3. The van der Waals surface area contributed by atoms with Crippen LogP contribution in [0.5, 0.6) is 0 Å². The molecule has 3 aliphatic rings. The molecule has 0 aromatic carbocycles. The second kappa shape index (κ2) is 6.57. The Morgan fingerprint density at radius 1 is 1.30 bits per heavy atom. The molecule has 1 aromatic heterocycles. The first-order chi connectivity index (χ1) is 12.8. The van der Waals surface area contributed by atoms with Crippen LogP contribution in [-0.2, 0) is 16.6 Å². The lowest BCUT2D eigenvalue weighted by Crippen LogP contribution is -2.53. The number of nitrogens with one attached hydrogen (secondary N) is 1. The fourth-order valence-electron chi connectivity index (χ4n) is 4.56. The molecule has 3 heterocycles. The van der Waals surface area contributed by atoms with Gasteiger partial charge in [-0.1, -0.05) is 12.2 Å². The maximum Gasteiger partial charge on any atom is 0.281 e. The molecule has 0 unspecified atom stereocenters. The van der Waals surface area contributed by atoms with Crippen LogP contribution in [0.1, 0.15) is 47.3 Å². The smallest absolute Gasteiger partial charge is 0.281 e. The number of carbonyl (C=O) groups is 1. The number of pyridine rings is 1. The van der Waals surface area contributed by atoms with Gasteiger partial charge in [0.1, 0.15) is 0 Å². The van der Waals surface area contributed by atoms with Crippen LogP contribution in [0.2, 0.25) is 0 Å². The fourth-order valence-corrected chi connectivity index (χ4v) is 6.07. The first kappa shape index (κ1) is 18.4. The van der Waals surface area contributed by atoms with Crippen molar-refractivity contribution in [3.8, 4) is 0 Å². The van der Waals surface area contributed by atoms with Crippen LogP contribution in [0.15, 0.2) is 12.3 Å². The molecule has 8 nitrogen and oxygen atoms in total. The lowest BCUT2D eigenvalue weighted by atomic mass is 9.98. The molecule has 2 fully saturated rings. The van der Waals surface area contributed by atoms with Crippen LogP contribution in [-0.4, -0.2) is 60.1 Å². The number of hydrogen-bond donors (Lipinski definition) is 2. The van der Waals surface area contributed by atoms with E-state index in [2.05, 4.69) is 10.3 Å². The summed E-state index contributed by atoms with van der Waals surface area (Å²) in [6.45, 7) is 0. The van der Waals surface area contributed by atoms with Crippen LogP contribution in [0.4, 0.5) is 5.69 Å². The maximum absolute atomic E-state index is 12.7. The number of carbonyl (C=O) groups excluding carboxylic acids is 1. The van der Waals surface area contributed by atoms with Gasteiger partial charge in [0, 0.05) is 50.4 Å². The van der Waals surface area contributed by atoms with Crippen LogP contribution in [0, 0.1) is 0 Å². The highest BCUT2D eigenvalue weighted by Gasteiger charge is 2.47. The van der Waals surface area contributed by atoms with E-state index in [1.165, 1.54) is 10.5 Å². The van der Waals surface area contributed by atoms with Crippen molar-refractivity contribution in [2.75, 3.05) is 19.4 Å². The van der Waals surface area contributed by atoms with E-state index < -0.39 is 16.1 Å². The predicted octanol–water partition coefficient (Wildman–Crippen LogP) is 0.964. The summed E-state index contributed by atoms with van der Waals surface area (Å²) in [7, 11) is -0.271.